The van der Waals surface area contributed by atoms with Crippen molar-refractivity contribution in [1.82, 2.24) is 9.71 Å². The Bertz CT molecular complexity index is 947. The van der Waals surface area contributed by atoms with Crippen molar-refractivity contribution in [1.29, 1.82) is 0 Å². The van der Waals surface area contributed by atoms with Gasteiger partial charge < -0.3 is 5.32 Å². The van der Waals surface area contributed by atoms with Gasteiger partial charge in [-0.05, 0) is 66.9 Å². The number of nitrogens with zero attached hydrogens (tertiary/aromatic N) is 1. The minimum absolute atomic E-state index is 0.541. The smallest absolute Gasteiger partial charge is 0.307 e. The van der Waals surface area contributed by atoms with E-state index in [1.807, 2.05) is 0 Å². The number of hydrogen-bond acceptors (Lipinski definition) is 5. The first-order valence-corrected chi connectivity index (χ1v) is 11.1. The highest BCUT2D eigenvalue weighted by atomic mass is 32.2. The van der Waals surface area contributed by atoms with Crippen molar-refractivity contribution in [2.24, 2.45) is 0 Å². The summed E-state index contributed by atoms with van der Waals surface area (Å²) in [6.07, 6.45) is 7.40. The zero-order valence-electron chi connectivity index (χ0n) is 14.1. The Morgan fingerprint density at radius 3 is 2.42 bits per heavy atom. The summed E-state index contributed by atoms with van der Waals surface area (Å²) in [5.41, 5.74) is 7.87. The fourth-order valence-corrected chi connectivity index (χ4v) is 4.95. The fourth-order valence-electron chi connectivity index (χ4n) is 3.73. The molecule has 2 aromatic rings. The van der Waals surface area contributed by atoms with E-state index in [0.29, 0.717) is 5.69 Å². The fraction of sp³-hybridized carbons (Fsp3) is 0.333. The van der Waals surface area contributed by atoms with Crippen molar-refractivity contribution in [2.75, 3.05) is 5.32 Å². The number of hydrogen-bond donors (Lipinski definition) is 2. The predicted octanol–water partition coefficient (Wildman–Crippen LogP) is 3.24. The predicted molar refractivity (Wildman–Crippen MR) is 103 cm³/mol. The van der Waals surface area contributed by atoms with Crippen LogP contribution in [-0.2, 0) is 35.7 Å². The minimum Gasteiger partial charge on any atom is -0.307 e. The number of carbonyl (C=O) groups excluding carboxylic acids is 1. The van der Waals surface area contributed by atoms with Crippen LogP contribution in [0.15, 0.2) is 22.4 Å². The van der Waals surface area contributed by atoms with Gasteiger partial charge in [-0.25, -0.2) is 22.9 Å². The molecule has 4 rings (SSSR count). The van der Waals surface area contributed by atoms with Crippen molar-refractivity contribution < 1.29 is 13.2 Å². The molecule has 0 spiro atoms. The summed E-state index contributed by atoms with van der Waals surface area (Å²) in [7, 11) is -3.88. The van der Waals surface area contributed by atoms with Gasteiger partial charge in [-0.15, -0.1) is 11.3 Å². The lowest BCUT2D eigenvalue weighted by Crippen LogP contribution is -2.33. The highest BCUT2D eigenvalue weighted by Gasteiger charge is 2.25. The maximum Gasteiger partial charge on any atom is 0.333 e. The zero-order valence-corrected chi connectivity index (χ0v) is 15.8. The van der Waals surface area contributed by atoms with Crippen molar-refractivity contribution in [3.05, 3.63) is 50.3 Å². The Hall–Kier alpha value is -2.19. The summed E-state index contributed by atoms with van der Waals surface area (Å²) >= 11 is 1.37. The molecule has 0 bridgehead atoms. The lowest BCUT2D eigenvalue weighted by atomic mass is 9.99. The van der Waals surface area contributed by atoms with E-state index in [2.05, 4.69) is 21.1 Å². The van der Waals surface area contributed by atoms with Gasteiger partial charge in [-0.3, -0.25) is 0 Å². The molecular formula is C18H19N3O3S2. The summed E-state index contributed by atoms with van der Waals surface area (Å²) in [6, 6.07) is 1.54. The summed E-state index contributed by atoms with van der Waals surface area (Å²) in [5, 5.41) is 5.50. The molecule has 0 saturated carbocycles. The van der Waals surface area contributed by atoms with Crippen molar-refractivity contribution in [2.45, 2.75) is 38.5 Å². The number of aromatic nitrogens is 1. The number of amides is 2. The molecule has 2 aliphatic carbocycles. The topological polar surface area (TPSA) is 88.2 Å². The van der Waals surface area contributed by atoms with Crippen LogP contribution < -0.4 is 10.0 Å². The number of benzene rings is 1. The number of anilines is 1. The van der Waals surface area contributed by atoms with Crippen LogP contribution >= 0.6 is 11.3 Å². The number of aryl methyl sites for hydroxylation is 2. The number of fused-ring (bicyclic) bond motifs is 2. The minimum atomic E-state index is -3.88. The van der Waals surface area contributed by atoms with Crippen LogP contribution in [0.1, 0.15) is 40.8 Å². The van der Waals surface area contributed by atoms with E-state index in [1.165, 1.54) is 28.5 Å². The zero-order chi connectivity index (χ0) is 18.1. The molecule has 0 saturated heterocycles. The molecular weight excluding hydrogens is 370 g/mol. The largest absolute Gasteiger partial charge is 0.333 e. The van der Waals surface area contributed by atoms with Gasteiger partial charge in [0, 0.05) is 11.1 Å². The second-order valence-corrected chi connectivity index (χ2v) is 8.84. The van der Waals surface area contributed by atoms with Crippen molar-refractivity contribution >= 4 is 39.2 Å². The molecule has 1 heterocycles. The SMILES string of the molecule is O=C(Nc1c2c(cc3c1CCC3)CCC2)NS(=O)(=O)/C=C/c1cscn1. The lowest BCUT2D eigenvalue weighted by molar-refractivity contribution is 0.256. The maximum absolute atomic E-state index is 12.3. The van der Waals surface area contributed by atoms with E-state index < -0.39 is 16.1 Å². The van der Waals surface area contributed by atoms with Gasteiger partial charge in [0.15, 0.2) is 0 Å². The summed E-state index contributed by atoms with van der Waals surface area (Å²) in [5.74, 6) is 0. The molecule has 26 heavy (non-hydrogen) atoms. The Kier molecular flexibility index (Phi) is 4.54. The highest BCUT2D eigenvalue weighted by molar-refractivity contribution is 7.93. The van der Waals surface area contributed by atoms with Crippen LogP contribution in [0.3, 0.4) is 0 Å². The number of thiazole rings is 1. The van der Waals surface area contributed by atoms with Crippen LogP contribution in [0.4, 0.5) is 10.5 Å². The van der Waals surface area contributed by atoms with Gasteiger partial charge in [0.25, 0.3) is 10.0 Å². The third kappa shape index (κ3) is 3.52. The standard InChI is InChI=1S/C18H19N3O3S2/c22-18(21-26(23,24)8-7-14-10-25-11-19-14)20-17-15-5-1-3-12(15)9-13-4-2-6-16(13)17/h7-11H,1-6H2,(H2,20,21,22)/b8-7+. The quantitative estimate of drug-likeness (QED) is 0.840. The van der Waals surface area contributed by atoms with E-state index in [9.17, 15) is 13.2 Å². The molecule has 1 aromatic carbocycles. The molecule has 0 fully saturated rings. The normalized spacial score (nSPS) is 15.8. The maximum atomic E-state index is 12.3. The Labute approximate surface area is 156 Å². The molecule has 1 aromatic heterocycles. The number of rotatable bonds is 4. The van der Waals surface area contributed by atoms with Gasteiger partial charge in [-0.2, -0.15) is 0 Å². The van der Waals surface area contributed by atoms with Crippen molar-refractivity contribution in [3.63, 3.8) is 0 Å². The van der Waals surface area contributed by atoms with Crippen LogP contribution in [-0.4, -0.2) is 19.4 Å². The third-order valence-electron chi connectivity index (χ3n) is 4.82. The van der Waals surface area contributed by atoms with Gasteiger partial charge >= 0.3 is 6.03 Å². The summed E-state index contributed by atoms with van der Waals surface area (Å²) in [4.78, 5) is 16.3. The van der Waals surface area contributed by atoms with Crippen LogP contribution in [0.5, 0.6) is 0 Å². The highest BCUT2D eigenvalue weighted by Crippen LogP contribution is 2.38. The monoisotopic (exact) mass is 389 g/mol. The first-order valence-electron chi connectivity index (χ1n) is 8.58. The van der Waals surface area contributed by atoms with E-state index >= 15 is 0 Å². The molecule has 0 radical (unpaired) electrons. The Balaban J connectivity index is 1.52. The van der Waals surface area contributed by atoms with E-state index in [0.717, 1.165) is 60.7 Å². The number of urea groups is 1. The number of nitrogens with one attached hydrogen (secondary N) is 2. The van der Waals surface area contributed by atoms with E-state index in [1.54, 1.807) is 10.9 Å². The number of sulfonamides is 1. The summed E-state index contributed by atoms with van der Waals surface area (Å²) < 4.78 is 26.3. The van der Waals surface area contributed by atoms with E-state index in [-0.39, 0.29) is 0 Å². The first-order chi connectivity index (χ1) is 12.5. The van der Waals surface area contributed by atoms with Gasteiger partial charge in [0.1, 0.15) is 0 Å². The van der Waals surface area contributed by atoms with Crippen LogP contribution in [0.2, 0.25) is 0 Å². The number of carbonyl (C=O) groups is 1. The molecule has 2 aliphatic rings. The van der Waals surface area contributed by atoms with Gasteiger partial charge in [0.2, 0.25) is 0 Å². The van der Waals surface area contributed by atoms with Gasteiger partial charge in [0.05, 0.1) is 16.6 Å². The molecule has 2 N–H and O–H groups in total. The van der Waals surface area contributed by atoms with E-state index in [4.69, 9.17) is 0 Å². The molecule has 0 atom stereocenters. The molecule has 2 amide bonds. The molecule has 8 heteroatoms. The van der Waals surface area contributed by atoms with Crippen LogP contribution in [0.25, 0.3) is 6.08 Å². The Morgan fingerprint density at radius 2 is 1.81 bits per heavy atom. The summed E-state index contributed by atoms with van der Waals surface area (Å²) in [6.45, 7) is 0. The average molecular weight is 390 g/mol. The second kappa shape index (κ2) is 6.85. The van der Waals surface area contributed by atoms with Gasteiger partial charge in [-0.1, -0.05) is 6.07 Å². The van der Waals surface area contributed by atoms with Crippen molar-refractivity contribution in [3.8, 4) is 0 Å². The second-order valence-electron chi connectivity index (χ2n) is 6.55. The molecule has 136 valence electrons. The Morgan fingerprint density at radius 1 is 1.12 bits per heavy atom. The molecule has 0 aliphatic heterocycles. The average Bonchev–Trinajstić information content (AvgIpc) is 3.33. The molecule has 6 nitrogen and oxygen atoms in total. The third-order valence-corrected chi connectivity index (χ3v) is 6.38. The molecule has 0 unspecified atom stereocenters. The van der Waals surface area contributed by atoms with Crippen LogP contribution in [0, 0.1) is 0 Å². The lowest BCUT2D eigenvalue weighted by Gasteiger charge is -2.16. The first kappa shape index (κ1) is 17.2.